The predicted molar refractivity (Wildman–Crippen MR) is 123 cm³/mol. The monoisotopic (exact) mass is 462 g/mol. The van der Waals surface area contributed by atoms with Crippen molar-refractivity contribution in [2.75, 3.05) is 6.54 Å². The molecule has 5 nitrogen and oxygen atoms in total. The van der Waals surface area contributed by atoms with Gasteiger partial charge in [-0.05, 0) is 61.9 Å². The Balaban J connectivity index is 1.54. The second-order valence-electron chi connectivity index (χ2n) is 7.43. The SMILES string of the molecule is O=c1sc2cc(S(=O)(=O)NCCC3=CCCCC3)ccc2n1Cc1ccccc1Cl. The second kappa shape index (κ2) is 9.06. The molecule has 158 valence electrons. The number of nitrogens with zero attached hydrogens (tertiary/aromatic N) is 1. The van der Waals surface area contributed by atoms with Crippen molar-refractivity contribution in [2.45, 2.75) is 43.5 Å². The standard InChI is InChI=1S/C22H23ClN2O3S2/c23-19-9-5-4-8-17(19)15-25-20-11-10-18(14-21(20)29-22(25)26)30(27,28)24-13-12-16-6-2-1-3-7-16/h4-6,8-11,14,24H,1-3,7,12-13,15H2. The number of aromatic nitrogens is 1. The Morgan fingerprint density at radius 1 is 1.13 bits per heavy atom. The molecule has 1 aromatic heterocycles. The van der Waals surface area contributed by atoms with Crippen LogP contribution in [0.1, 0.15) is 37.7 Å². The van der Waals surface area contributed by atoms with Gasteiger partial charge in [-0.15, -0.1) is 0 Å². The van der Waals surface area contributed by atoms with Gasteiger partial charge in [0, 0.05) is 11.6 Å². The maximum absolute atomic E-state index is 12.7. The maximum atomic E-state index is 12.7. The van der Waals surface area contributed by atoms with Crippen molar-refractivity contribution >= 4 is 43.2 Å². The van der Waals surface area contributed by atoms with Gasteiger partial charge in [0.2, 0.25) is 10.0 Å². The molecule has 4 rings (SSSR count). The Morgan fingerprint density at radius 3 is 2.73 bits per heavy atom. The first kappa shape index (κ1) is 21.3. The molecular weight excluding hydrogens is 440 g/mol. The van der Waals surface area contributed by atoms with Crippen molar-refractivity contribution in [1.29, 1.82) is 0 Å². The number of hydrogen-bond donors (Lipinski definition) is 1. The Bertz CT molecular complexity index is 1260. The van der Waals surface area contributed by atoms with Crippen molar-refractivity contribution < 1.29 is 8.42 Å². The number of nitrogens with one attached hydrogen (secondary N) is 1. The molecule has 0 saturated carbocycles. The van der Waals surface area contributed by atoms with Crippen LogP contribution >= 0.6 is 22.9 Å². The smallest absolute Gasteiger partial charge is 0.294 e. The van der Waals surface area contributed by atoms with Crippen molar-refractivity contribution in [2.24, 2.45) is 0 Å². The van der Waals surface area contributed by atoms with E-state index >= 15 is 0 Å². The fraction of sp³-hybridized carbons (Fsp3) is 0.318. The van der Waals surface area contributed by atoms with Gasteiger partial charge >= 0.3 is 4.87 Å². The summed E-state index contributed by atoms with van der Waals surface area (Å²) in [5, 5.41) is 0.597. The third-order valence-corrected chi connectivity index (χ3v) is 8.13. The van der Waals surface area contributed by atoms with Gasteiger partial charge in [-0.3, -0.25) is 9.36 Å². The highest BCUT2D eigenvalue weighted by molar-refractivity contribution is 7.89. The lowest BCUT2D eigenvalue weighted by Gasteiger charge is -2.13. The minimum absolute atomic E-state index is 0.142. The molecule has 30 heavy (non-hydrogen) atoms. The van der Waals surface area contributed by atoms with Crippen LogP contribution in [-0.4, -0.2) is 19.5 Å². The predicted octanol–water partition coefficient (Wildman–Crippen LogP) is 4.93. The van der Waals surface area contributed by atoms with Gasteiger partial charge in [-0.25, -0.2) is 13.1 Å². The lowest BCUT2D eigenvalue weighted by molar-refractivity contribution is 0.579. The number of allylic oxidation sites excluding steroid dienone is 1. The molecule has 0 aliphatic heterocycles. The number of benzene rings is 2. The molecule has 8 heteroatoms. The second-order valence-corrected chi connectivity index (χ2v) is 10.6. The maximum Gasteiger partial charge on any atom is 0.308 e. The molecule has 0 fully saturated rings. The number of halogens is 1. The zero-order chi connectivity index (χ0) is 21.1. The number of sulfonamides is 1. The van der Waals surface area contributed by atoms with Crippen molar-refractivity contribution in [3.63, 3.8) is 0 Å². The van der Waals surface area contributed by atoms with E-state index in [1.165, 1.54) is 18.4 Å². The van der Waals surface area contributed by atoms with Gasteiger partial charge in [-0.2, -0.15) is 0 Å². The number of fused-ring (bicyclic) bond motifs is 1. The summed E-state index contributed by atoms with van der Waals surface area (Å²) >= 11 is 7.27. The van der Waals surface area contributed by atoms with E-state index in [9.17, 15) is 13.2 Å². The molecule has 0 unspecified atom stereocenters. The quantitative estimate of drug-likeness (QED) is 0.506. The van der Waals surface area contributed by atoms with E-state index in [1.807, 2.05) is 18.2 Å². The summed E-state index contributed by atoms with van der Waals surface area (Å²) in [4.78, 5) is 12.6. The molecule has 0 amide bonds. The highest BCUT2D eigenvalue weighted by atomic mass is 35.5. The summed E-state index contributed by atoms with van der Waals surface area (Å²) in [6.45, 7) is 0.730. The van der Waals surface area contributed by atoms with E-state index in [-0.39, 0.29) is 9.77 Å². The molecular formula is C22H23ClN2O3S2. The molecule has 2 aromatic carbocycles. The van der Waals surface area contributed by atoms with E-state index in [1.54, 1.807) is 28.8 Å². The molecule has 0 spiro atoms. The van der Waals surface area contributed by atoms with Crippen molar-refractivity contribution in [3.05, 3.63) is 74.4 Å². The van der Waals surface area contributed by atoms with Crippen LogP contribution in [0, 0.1) is 0 Å². The highest BCUT2D eigenvalue weighted by Crippen LogP contribution is 2.24. The fourth-order valence-electron chi connectivity index (χ4n) is 3.72. The van der Waals surface area contributed by atoms with Gasteiger partial charge in [0.1, 0.15) is 0 Å². The summed E-state index contributed by atoms with van der Waals surface area (Å²) in [6.07, 6.45) is 7.50. The largest absolute Gasteiger partial charge is 0.308 e. The van der Waals surface area contributed by atoms with E-state index < -0.39 is 10.0 Å². The van der Waals surface area contributed by atoms with E-state index in [2.05, 4.69) is 10.8 Å². The average Bonchev–Trinajstić information content (AvgIpc) is 3.05. The zero-order valence-electron chi connectivity index (χ0n) is 16.4. The van der Waals surface area contributed by atoms with Crippen molar-refractivity contribution in [1.82, 2.24) is 9.29 Å². The molecule has 0 radical (unpaired) electrons. The van der Waals surface area contributed by atoms with Gasteiger partial charge in [0.15, 0.2) is 0 Å². The van der Waals surface area contributed by atoms with Crippen LogP contribution in [0.3, 0.4) is 0 Å². The van der Waals surface area contributed by atoms with Crippen LogP contribution in [0.5, 0.6) is 0 Å². The number of hydrogen-bond acceptors (Lipinski definition) is 4. The van der Waals surface area contributed by atoms with E-state index in [4.69, 9.17) is 11.6 Å². The fourth-order valence-corrected chi connectivity index (χ4v) is 5.98. The Labute approximate surface area is 185 Å². The van der Waals surface area contributed by atoms with Crippen LogP contribution < -0.4 is 9.60 Å². The first-order valence-electron chi connectivity index (χ1n) is 9.98. The van der Waals surface area contributed by atoms with Crippen LogP contribution in [0.25, 0.3) is 10.2 Å². The summed E-state index contributed by atoms with van der Waals surface area (Å²) in [7, 11) is -3.62. The molecule has 0 bridgehead atoms. The highest BCUT2D eigenvalue weighted by Gasteiger charge is 2.17. The third kappa shape index (κ3) is 4.70. The minimum atomic E-state index is -3.62. The van der Waals surface area contributed by atoms with Crippen LogP contribution in [0.2, 0.25) is 5.02 Å². The number of thiazole rings is 1. The van der Waals surface area contributed by atoms with Gasteiger partial charge in [0.25, 0.3) is 0 Å². The Hall–Kier alpha value is -1.93. The van der Waals surface area contributed by atoms with E-state index in [0.717, 1.165) is 36.2 Å². The summed E-state index contributed by atoms with van der Waals surface area (Å²) in [5.41, 5.74) is 2.88. The molecule has 0 saturated heterocycles. The van der Waals surface area contributed by atoms with Crippen molar-refractivity contribution in [3.8, 4) is 0 Å². The normalized spacial score (nSPS) is 14.8. The molecule has 1 N–H and O–H groups in total. The van der Waals surface area contributed by atoms with Crippen LogP contribution in [-0.2, 0) is 16.6 Å². The third-order valence-electron chi connectivity index (χ3n) is 5.36. The zero-order valence-corrected chi connectivity index (χ0v) is 18.8. The minimum Gasteiger partial charge on any atom is -0.294 e. The van der Waals surface area contributed by atoms with Crippen LogP contribution in [0.4, 0.5) is 0 Å². The van der Waals surface area contributed by atoms with E-state index in [0.29, 0.717) is 28.3 Å². The Kier molecular flexibility index (Phi) is 6.43. The summed E-state index contributed by atoms with van der Waals surface area (Å²) < 4.78 is 30.4. The molecule has 1 aliphatic carbocycles. The first-order valence-corrected chi connectivity index (χ1v) is 12.7. The Morgan fingerprint density at radius 2 is 1.97 bits per heavy atom. The van der Waals surface area contributed by atoms with Gasteiger partial charge < -0.3 is 0 Å². The summed E-state index contributed by atoms with van der Waals surface area (Å²) in [6, 6.07) is 12.2. The lowest BCUT2D eigenvalue weighted by atomic mass is 9.97. The average molecular weight is 463 g/mol. The molecule has 1 aliphatic rings. The lowest BCUT2D eigenvalue weighted by Crippen LogP contribution is -2.25. The van der Waals surface area contributed by atoms with Gasteiger partial charge in [0.05, 0.1) is 21.7 Å². The number of rotatable bonds is 7. The molecule has 1 heterocycles. The summed E-state index contributed by atoms with van der Waals surface area (Å²) in [5.74, 6) is 0. The van der Waals surface area contributed by atoms with Crippen LogP contribution in [0.15, 0.2) is 63.8 Å². The molecule has 3 aromatic rings. The molecule has 0 atom stereocenters. The topological polar surface area (TPSA) is 68.2 Å². The van der Waals surface area contributed by atoms with Gasteiger partial charge in [-0.1, -0.05) is 52.8 Å². The first-order chi connectivity index (χ1) is 14.4.